The molecule has 1 aromatic carbocycles. The highest BCUT2D eigenvalue weighted by Crippen LogP contribution is 2.40. The van der Waals surface area contributed by atoms with Gasteiger partial charge in [-0.15, -0.1) is 10.2 Å². The highest BCUT2D eigenvalue weighted by atomic mass is 32.1. The summed E-state index contributed by atoms with van der Waals surface area (Å²) in [7, 11) is 0. The molecule has 1 amide bonds. The number of amides is 1. The number of benzene rings is 1. The number of para-hydroxylation sites is 1. The van der Waals surface area contributed by atoms with Crippen LogP contribution in [0.1, 0.15) is 41.1 Å². The fourth-order valence-electron chi connectivity index (χ4n) is 4.68. The average Bonchev–Trinajstić information content (AvgIpc) is 3.57. The van der Waals surface area contributed by atoms with Gasteiger partial charge in [-0.3, -0.25) is 14.5 Å². The second-order valence-corrected chi connectivity index (χ2v) is 8.85. The Bertz CT molecular complexity index is 1320. The zero-order chi connectivity index (χ0) is 24.4. The molecule has 1 saturated heterocycles. The average molecular weight is 487 g/mol. The summed E-state index contributed by atoms with van der Waals surface area (Å²) in [4.78, 5) is 19.4. The van der Waals surface area contributed by atoms with Gasteiger partial charge in [-0.1, -0.05) is 24.3 Å². The molecule has 4 aromatic rings. The smallest absolute Gasteiger partial charge is 0.226 e. The molecule has 4 heterocycles. The zero-order valence-electron chi connectivity index (χ0n) is 19.5. The van der Waals surface area contributed by atoms with Gasteiger partial charge in [-0.2, -0.15) is 0 Å². The van der Waals surface area contributed by atoms with E-state index < -0.39 is 0 Å². The Labute approximate surface area is 208 Å². The Kier molecular flexibility index (Phi) is 6.28. The number of nitrogens with one attached hydrogen (secondary N) is 2. The van der Waals surface area contributed by atoms with Crippen LogP contribution in [0.25, 0.3) is 0 Å². The minimum absolute atomic E-state index is 0.0611. The third kappa shape index (κ3) is 4.52. The van der Waals surface area contributed by atoms with Crippen LogP contribution in [0.4, 0.5) is 5.69 Å². The van der Waals surface area contributed by atoms with E-state index in [1.807, 2.05) is 60.1 Å². The summed E-state index contributed by atoms with van der Waals surface area (Å²) >= 11 is 5.76. The number of hydrogen-bond acceptors (Lipinski definition) is 5. The summed E-state index contributed by atoms with van der Waals surface area (Å²) < 4.78 is 3.91. The molecule has 0 spiro atoms. The molecule has 1 fully saturated rings. The first kappa shape index (κ1) is 22.7. The predicted molar refractivity (Wildman–Crippen MR) is 137 cm³/mol. The van der Waals surface area contributed by atoms with Crippen LogP contribution >= 0.6 is 12.2 Å². The summed E-state index contributed by atoms with van der Waals surface area (Å²) in [5.74, 6) is -0.0611. The molecule has 0 bridgehead atoms. The molecule has 0 aliphatic carbocycles. The quantitative estimate of drug-likeness (QED) is 0.387. The Morgan fingerprint density at radius 3 is 2.54 bits per heavy atom. The first-order valence-corrected chi connectivity index (χ1v) is 11.8. The van der Waals surface area contributed by atoms with Gasteiger partial charge in [0.25, 0.3) is 0 Å². The van der Waals surface area contributed by atoms with Gasteiger partial charge < -0.3 is 15.5 Å². The summed E-state index contributed by atoms with van der Waals surface area (Å²) in [5.41, 5.74) is 4.85. The Hall–Kier alpha value is -4.05. The second kappa shape index (κ2) is 9.67. The number of thiocarbonyl (C=S) groups is 1. The van der Waals surface area contributed by atoms with Gasteiger partial charge in [0.1, 0.15) is 12.7 Å². The monoisotopic (exact) mass is 486 g/mol. The largest absolute Gasteiger partial charge is 0.352 e. The fourth-order valence-corrected chi connectivity index (χ4v) is 5.01. The normalized spacial score (nSPS) is 17.4. The van der Waals surface area contributed by atoms with Gasteiger partial charge in [0.15, 0.2) is 5.11 Å². The molecular weight excluding hydrogens is 460 g/mol. The summed E-state index contributed by atoms with van der Waals surface area (Å²) in [5, 5.41) is 14.9. The van der Waals surface area contributed by atoms with Crippen molar-refractivity contribution >= 4 is 28.9 Å². The van der Waals surface area contributed by atoms with E-state index >= 15 is 0 Å². The topological polar surface area (TPSA) is 92.9 Å². The molecule has 9 nitrogen and oxygen atoms in total. The summed E-state index contributed by atoms with van der Waals surface area (Å²) in [6.45, 7) is 4.58. The molecule has 10 heteroatoms. The van der Waals surface area contributed by atoms with Crippen LogP contribution in [0, 0.1) is 13.8 Å². The Morgan fingerprint density at radius 1 is 1.09 bits per heavy atom. The highest BCUT2D eigenvalue weighted by Gasteiger charge is 2.41. The van der Waals surface area contributed by atoms with E-state index in [-0.39, 0.29) is 18.0 Å². The van der Waals surface area contributed by atoms with Gasteiger partial charge in [-0.25, -0.2) is 4.68 Å². The molecule has 0 radical (unpaired) electrons. The number of hydrogen-bond donors (Lipinski definition) is 2. The van der Waals surface area contributed by atoms with Gasteiger partial charge in [0.2, 0.25) is 5.91 Å². The van der Waals surface area contributed by atoms with Crippen molar-refractivity contribution < 1.29 is 4.79 Å². The lowest BCUT2D eigenvalue weighted by molar-refractivity contribution is -0.116. The number of carbonyl (C=O) groups excluding carboxylic acids is 1. The lowest BCUT2D eigenvalue weighted by Crippen LogP contribution is -2.33. The Morgan fingerprint density at radius 2 is 1.83 bits per heavy atom. The maximum Gasteiger partial charge on any atom is 0.226 e. The van der Waals surface area contributed by atoms with Crippen LogP contribution in [-0.4, -0.2) is 47.0 Å². The highest BCUT2D eigenvalue weighted by molar-refractivity contribution is 7.80. The molecule has 1 aliphatic rings. The minimum Gasteiger partial charge on any atom is -0.352 e. The lowest BCUT2D eigenvalue weighted by atomic mass is 9.96. The number of anilines is 1. The number of pyridine rings is 1. The standard InChI is InChI=1S/C25H26N8OS/c1-17-14-20(18(2)33(17)31-15-27-28-16-31)24-23(21-10-6-7-12-26-21)30-25(35)32(24)13-11-22(34)29-19-8-4-3-5-9-19/h3-10,12,14-16,23-24H,11,13H2,1-2H3,(H,29,34)(H,30,35)/t23-,24+/m1/s1. The van der Waals surface area contributed by atoms with E-state index in [1.165, 1.54) is 0 Å². The number of carbonyl (C=O) groups is 1. The minimum atomic E-state index is -0.157. The maximum atomic E-state index is 12.7. The van der Waals surface area contributed by atoms with Crippen molar-refractivity contribution in [3.05, 3.63) is 96.1 Å². The molecular formula is C25H26N8OS. The van der Waals surface area contributed by atoms with Crippen molar-refractivity contribution in [2.24, 2.45) is 0 Å². The van der Waals surface area contributed by atoms with Crippen molar-refractivity contribution in [1.82, 2.24) is 34.8 Å². The van der Waals surface area contributed by atoms with E-state index in [4.69, 9.17) is 12.2 Å². The van der Waals surface area contributed by atoms with Crippen LogP contribution < -0.4 is 10.6 Å². The Balaban J connectivity index is 1.46. The number of rotatable bonds is 7. The van der Waals surface area contributed by atoms with Crippen LogP contribution in [-0.2, 0) is 4.79 Å². The van der Waals surface area contributed by atoms with Crippen molar-refractivity contribution in [1.29, 1.82) is 0 Å². The molecule has 0 unspecified atom stereocenters. The van der Waals surface area contributed by atoms with Gasteiger partial charge in [-0.05, 0) is 56.4 Å². The molecule has 3 aromatic heterocycles. The van der Waals surface area contributed by atoms with E-state index in [1.54, 1.807) is 18.9 Å². The third-order valence-corrected chi connectivity index (χ3v) is 6.58. The molecule has 1 aliphatic heterocycles. The van der Waals surface area contributed by atoms with E-state index in [9.17, 15) is 4.79 Å². The van der Waals surface area contributed by atoms with Crippen LogP contribution in [0.15, 0.2) is 73.4 Å². The number of aromatic nitrogens is 5. The second-order valence-electron chi connectivity index (χ2n) is 8.46. The summed E-state index contributed by atoms with van der Waals surface area (Å²) in [6, 6.07) is 17.2. The van der Waals surface area contributed by atoms with Crippen LogP contribution in [0.3, 0.4) is 0 Å². The predicted octanol–water partition coefficient (Wildman–Crippen LogP) is 3.40. The van der Waals surface area contributed by atoms with Gasteiger partial charge >= 0.3 is 0 Å². The van der Waals surface area contributed by atoms with Crippen molar-refractivity contribution in [2.45, 2.75) is 32.4 Å². The first-order chi connectivity index (χ1) is 17.0. The molecule has 2 atom stereocenters. The number of aryl methyl sites for hydroxylation is 1. The van der Waals surface area contributed by atoms with Crippen LogP contribution in [0.5, 0.6) is 0 Å². The maximum absolute atomic E-state index is 12.7. The SMILES string of the molecule is Cc1cc([C@H]2[C@@H](c3ccccn3)NC(=S)N2CCC(=O)Nc2ccccc2)c(C)n1-n1cnnc1. The first-order valence-electron chi connectivity index (χ1n) is 11.4. The lowest BCUT2D eigenvalue weighted by Gasteiger charge is -2.28. The van der Waals surface area contributed by atoms with Crippen LogP contribution in [0.2, 0.25) is 0 Å². The van der Waals surface area contributed by atoms with Crippen molar-refractivity contribution in [3.63, 3.8) is 0 Å². The third-order valence-electron chi connectivity index (χ3n) is 6.23. The van der Waals surface area contributed by atoms with E-state index in [2.05, 4.69) is 48.4 Å². The molecule has 5 rings (SSSR count). The molecule has 2 N–H and O–H groups in total. The van der Waals surface area contributed by atoms with Gasteiger partial charge in [0, 0.05) is 41.8 Å². The number of nitrogens with zero attached hydrogens (tertiary/aromatic N) is 6. The van der Waals surface area contributed by atoms with E-state index in [0.717, 1.165) is 28.3 Å². The summed E-state index contributed by atoms with van der Waals surface area (Å²) in [6.07, 6.45) is 5.42. The fraction of sp³-hybridized carbons (Fsp3) is 0.240. The van der Waals surface area contributed by atoms with E-state index in [0.29, 0.717) is 18.1 Å². The zero-order valence-corrected chi connectivity index (χ0v) is 20.3. The molecule has 178 valence electrons. The molecule has 35 heavy (non-hydrogen) atoms. The van der Waals surface area contributed by atoms with Gasteiger partial charge in [0.05, 0.1) is 17.8 Å². The molecule has 0 saturated carbocycles. The van der Waals surface area contributed by atoms with Crippen molar-refractivity contribution in [3.8, 4) is 0 Å². The van der Waals surface area contributed by atoms with Crippen molar-refractivity contribution in [2.75, 3.05) is 11.9 Å².